The maximum absolute atomic E-state index is 13.0. The Morgan fingerprint density at radius 3 is 2.10 bits per heavy atom. The summed E-state index contributed by atoms with van der Waals surface area (Å²) in [5.74, 6) is -0.0517. The van der Waals surface area contributed by atoms with Crippen LogP contribution < -0.4 is 0 Å². The predicted molar refractivity (Wildman–Crippen MR) is 110 cm³/mol. The molecule has 158 valence electrons. The SMILES string of the molecule is Cc1ccc(C(=O)N2CCN(C(=O)C3CCCN3C(=O)OC(C)(C)C)CC2)cc1. The van der Waals surface area contributed by atoms with Crippen LogP contribution in [0.3, 0.4) is 0 Å². The number of likely N-dealkylation sites (tertiary alicyclic amines) is 1. The zero-order valence-electron chi connectivity index (χ0n) is 17.8. The van der Waals surface area contributed by atoms with E-state index in [9.17, 15) is 14.4 Å². The van der Waals surface area contributed by atoms with E-state index in [0.29, 0.717) is 44.7 Å². The van der Waals surface area contributed by atoms with Gasteiger partial charge in [-0.15, -0.1) is 0 Å². The van der Waals surface area contributed by atoms with Gasteiger partial charge in [-0.2, -0.15) is 0 Å². The van der Waals surface area contributed by atoms with Gasteiger partial charge in [-0.3, -0.25) is 14.5 Å². The van der Waals surface area contributed by atoms with Crippen LogP contribution in [0.5, 0.6) is 0 Å². The predicted octanol–water partition coefficient (Wildman–Crippen LogP) is 2.68. The first-order valence-electron chi connectivity index (χ1n) is 10.3. The second-order valence-electron chi connectivity index (χ2n) is 8.82. The Labute approximate surface area is 172 Å². The molecule has 2 fully saturated rings. The fourth-order valence-corrected chi connectivity index (χ4v) is 3.78. The zero-order chi connectivity index (χ0) is 21.2. The summed E-state index contributed by atoms with van der Waals surface area (Å²) in [5.41, 5.74) is 1.19. The van der Waals surface area contributed by atoms with Crippen molar-refractivity contribution in [1.82, 2.24) is 14.7 Å². The molecule has 0 N–H and O–H groups in total. The summed E-state index contributed by atoms with van der Waals surface area (Å²) >= 11 is 0. The summed E-state index contributed by atoms with van der Waals surface area (Å²) in [7, 11) is 0. The Hall–Kier alpha value is -2.57. The number of benzene rings is 1. The summed E-state index contributed by atoms with van der Waals surface area (Å²) in [6.07, 6.45) is 1.02. The number of hydrogen-bond donors (Lipinski definition) is 0. The highest BCUT2D eigenvalue weighted by atomic mass is 16.6. The van der Waals surface area contributed by atoms with E-state index in [2.05, 4.69) is 0 Å². The molecule has 2 aliphatic rings. The van der Waals surface area contributed by atoms with Gasteiger partial charge in [-0.25, -0.2) is 4.79 Å². The molecule has 7 heteroatoms. The number of hydrogen-bond acceptors (Lipinski definition) is 4. The fourth-order valence-electron chi connectivity index (χ4n) is 3.78. The normalized spacial score (nSPS) is 20.0. The third-order valence-corrected chi connectivity index (χ3v) is 5.34. The summed E-state index contributed by atoms with van der Waals surface area (Å²) < 4.78 is 5.46. The molecule has 0 aromatic heterocycles. The van der Waals surface area contributed by atoms with Crippen LogP contribution in [0.4, 0.5) is 4.79 Å². The molecule has 1 atom stereocenters. The highest BCUT2D eigenvalue weighted by Crippen LogP contribution is 2.23. The molecule has 0 radical (unpaired) electrons. The lowest BCUT2D eigenvalue weighted by Crippen LogP contribution is -2.55. The van der Waals surface area contributed by atoms with Crippen molar-refractivity contribution in [2.75, 3.05) is 32.7 Å². The highest BCUT2D eigenvalue weighted by molar-refractivity contribution is 5.94. The van der Waals surface area contributed by atoms with Crippen molar-refractivity contribution in [2.45, 2.75) is 52.2 Å². The van der Waals surface area contributed by atoms with E-state index in [1.165, 1.54) is 0 Å². The van der Waals surface area contributed by atoms with Crippen molar-refractivity contribution in [3.8, 4) is 0 Å². The fraction of sp³-hybridized carbons (Fsp3) is 0.591. The van der Waals surface area contributed by atoms with Gasteiger partial charge in [0.25, 0.3) is 5.91 Å². The van der Waals surface area contributed by atoms with E-state index in [1.807, 2.05) is 52.0 Å². The monoisotopic (exact) mass is 401 g/mol. The molecule has 0 saturated carbocycles. The minimum atomic E-state index is -0.588. The minimum Gasteiger partial charge on any atom is -0.444 e. The van der Waals surface area contributed by atoms with Gasteiger partial charge >= 0.3 is 6.09 Å². The molecule has 2 saturated heterocycles. The lowest BCUT2D eigenvalue weighted by atomic mass is 10.1. The van der Waals surface area contributed by atoms with E-state index in [0.717, 1.165) is 12.0 Å². The minimum absolute atomic E-state index is 0.00616. The second kappa shape index (κ2) is 8.43. The molecular weight excluding hydrogens is 370 g/mol. The topological polar surface area (TPSA) is 70.2 Å². The molecule has 1 aromatic carbocycles. The first kappa shape index (κ1) is 21.1. The Morgan fingerprint density at radius 1 is 0.931 bits per heavy atom. The van der Waals surface area contributed by atoms with Gasteiger partial charge in [0.05, 0.1) is 0 Å². The van der Waals surface area contributed by atoms with E-state index < -0.39 is 17.7 Å². The number of aryl methyl sites for hydroxylation is 1. The van der Waals surface area contributed by atoms with Gasteiger partial charge in [-0.05, 0) is 52.7 Å². The Balaban J connectivity index is 1.57. The van der Waals surface area contributed by atoms with Crippen molar-refractivity contribution in [1.29, 1.82) is 0 Å². The van der Waals surface area contributed by atoms with Crippen molar-refractivity contribution < 1.29 is 19.1 Å². The first-order chi connectivity index (χ1) is 13.7. The number of ether oxygens (including phenoxy) is 1. The molecule has 3 rings (SSSR count). The van der Waals surface area contributed by atoms with Crippen LogP contribution in [0.25, 0.3) is 0 Å². The van der Waals surface area contributed by atoms with Crippen LogP contribution in [0, 0.1) is 6.92 Å². The standard InChI is InChI=1S/C22H31N3O4/c1-16-7-9-17(10-8-16)19(26)23-12-14-24(15-13-23)20(27)18-6-5-11-25(18)21(28)29-22(2,3)4/h7-10,18H,5-6,11-15H2,1-4H3. The average molecular weight is 402 g/mol. The van der Waals surface area contributed by atoms with Crippen molar-refractivity contribution in [2.24, 2.45) is 0 Å². The maximum atomic E-state index is 13.0. The molecule has 0 bridgehead atoms. The van der Waals surface area contributed by atoms with Crippen LogP contribution in [0.15, 0.2) is 24.3 Å². The maximum Gasteiger partial charge on any atom is 0.410 e. The van der Waals surface area contributed by atoms with Crippen molar-refractivity contribution in [3.63, 3.8) is 0 Å². The largest absolute Gasteiger partial charge is 0.444 e. The molecule has 29 heavy (non-hydrogen) atoms. The van der Waals surface area contributed by atoms with Crippen molar-refractivity contribution >= 4 is 17.9 Å². The number of amides is 3. The second-order valence-corrected chi connectivity index (χ2v) is 8.82. The van der Waals surface area contributed by atoms with Crippen LogP contribution >= 0.6 is 0 Å². The molecule has 7 nitrogen and oxygen atoms in total. The van der Waals surface area contributed by atoms with Gasteiger partial charge in [0.2, 0.25) is 5.91 Å². The molecule has 0 aliphatic carbocycles. The Bertz CT molecular complexity index is 761. The Kier molecular flexibility index (Phi) is 6.15. The van der Waals surface area contributed by atoms with E-state index >= 15 is 0 Å². The summed E-state index contributed by atoms with van der Waals surface area (Å²) in [5, 5.41) is 0. The zero-order valence-corrected chi connectivity index (χ0v) is 17.8. The molecule has 1 unspecified atom stereocenters. The average Bonchev–Trinajstić information content (AvgIpc) is 3.16. The van der Waals surface area contributed by atoms with Crippen LogP contribution in [-0.4, -0.2) is 77.0 Å². The molecule has 2 aliphatic heterocycles. The Morgan fingerprint density at radius 2 is 1.52 bits per heavy atom. The van der Waals surface area contributed by atoms with Gasteiger partial charge in [-0.1, -0.05) is 17.7 Å². The van der Waals surface area contributed by atoms with E-state index in [4.69, 9.17) is 4.74 Å². The van der Waals surface area contributed by atoms with Crippen LogP contribution in [0.1, 0.15) is 49.5 Å². The van der Waals surface area contributed by atoms with Crippen molar-refractivity contribution in [3.05, 3.63) is 35.4 Å². The van der Waals surface area contributed by atoms with Crippen LogP contribution in [-0.2, 0) is 9.53 Å². The molecule has 3 amide bonds. The van der Waals surface area contributed by atoms with Gasteiger partial charge in [0.15, 0.2) is 0 Å². The summed E-state index contributed by atoms with van der Waals surface area (Å²) in [6.45, 7) is 9.95. The third-order valence-electron chi connectivity index (χ3n) is 5.34. The number of carbonyl (C=O) groups excluding carboxylic acids is 3. The van der Waals surface area contributed by atoms with E-state index in [1.54, 1.807) is 14.7 Å². The van der Waals surface area contributed by atoms with Gasteiger partial charge in [0.1, 0.15) is 11.6 Å². The smallest absolute Gasteiger partial charge is 0.410 e. The van der Waals surface area contributed by atoms with E-state index in [-0.39, 0.29) is 11.8 Å². The van der Waals surface area contributed by atoms with Crippen LogP contribution in [0.2, 0.25) is 0 Å². The molecule has 0 spiro atoms. The number of rotatable bonds is 2. The third kappa shape index (κ3) is 5.08. The summed E-state index contributed by atoms with van der Waals surface area (Å²) in [6, 6.07) is 7.07. The molecule has 2 heterocycles. The molecule has 1 aromatic rings. The number of carbonyl (C=O) groups is 3. The quantitative estimate of drug-likeness (QED) is 0.764. The number of piperazine rings is 1. The first-order valence-corrected chi connectivity index (χ1v) is 10.3. The molecular formula is C22H31N3O4. The lowest BCUT2D eigenvalue weighted by molar-refractivity contribution is -0.137. The van der Waals surface area contributed by atoms with Gasteiger partial charge < -0.3 is 14.5 Å². The highest BCUT2D eigenvalue weighted by Gasteiger charge is 2.39. The summed E-state index contributed by atoms with van der Waals surface area (Å²) in [4.78, 5) is 43.3. The number of nitrogens with zero attached hydrogens (tertiary/aromatic N) is 3. The van der Waals surface area contributed by atoms with Gasteiger partial charge in [0, 0.05) is 38.3 Å². The lowest BCUT2D eigenvalue weighted by Gasteiger charge is -2.37.